The number of nitrogens with one attached hydrogen (secondary N) is 1. The van der Waals surface area contributed by atoms with Gasteiger partial charge in [0, 0.05) is 13.6 Å². The van der Waals surface area contributed by atoms with Gasteiger partial charge in [-0.2, -0.15) is 16.4 Å². The minimum absolute atomic E-state index is 0.183. The van der Waals surface area contributed by atoms with E-state index in [1.54, 1.807) is 23.1 Å². The fourth-order valence-electron chi connectivity index (χ4n) is 1.95. The number of carbonyl (C=O) groups is 1. The van der Waals surface area contributed by atoms with Crippen molar-refractivity contribution in [3.05, 3.63) is 33.3 Å². The summed E-state index contributed by atoms with van der Waals surface area (Å²) >= 11 is 1.63. The van der Waals surface area contributed by atoms with Crippen molar-refractivity contribution in [3.63, 3.8) is 0 Å². The lowest BCUT2D eigenvalue weighted by molar-refractivity contribution is 0.0942. The molecule has 3 N–H and O–H groups in total. The summed E-state index contributed by atoms with van der Waals surface area (Å²) in [5.41, 5.74) is 9.95. The van der Waals surface area contributed by atoms with Crippen molar-refractivity contribution in [2.75, 3.05) is 5.73 Å². The number of aryl methyl sites for hydroxylation is 3. The van der Waals surface area contributed by atoms with Gasteiger partial charge in [-0.05, 0) is 35.2 Å². The van der Waals surface area contributed by atoms with E-state index >= 15 is 0 Å². The van der Waals surface area contributed by atoms with Gasteiger partial charge in [-0.1, -0.05) is 6.92 Å². The van der Waals surface area contributed by atoms with Crippen molar-refractivity contribution in [3.8, 4) is 0 Å². The Labute approximate surface area is 116 Å². The highest BCUT2D eigenvalue weighted by Crippen LogP contribution is 2.17. The van der Waals surface area contributed by atoms with Gasteiger partial charge >= 0.3 is 0 Å². The average Bonchev–Trinajstić information content (AvgIpc) is 2.90. The SMILES string of the molecule is CCc1nn(C)c(C(=O)NCc2cscc2C)c1N. The second-order valence-electron chi connectivity index (χ2n) is 4.45. The summed E-state index contributed by atoms with van der Waals surface area (Å²) in [6, 6.07) is 0. The third kappa shape index (κ3) is 2.63. The molecule has 5 nitrogen and oxygen atoms in total. The number of anilines is 1. The number of nitrogens with zero attached hydrogens (tertiary/aromatic N) is 2. The van der Waals surface area contributed by atoms with Crippen molar-refractivity contribution in [2.45, 2.75) is 26.8 Å². The smallest absolute Gasteiger partial charge is 0.271 e. The molecule has 1 amide bonds. The first-order valence-corrected chi connectivity index (χ1v) is 7.10. The third-order valence-corrected chi connectivity index (χ3v) is 4.02. The molecule has 2 aromatic heterocycles. The van der Waals surface area contributed by atoms with Crippen LogP contribution in [0.5, 0.6) is 0 Å². The number of thiophene rings is 1. The molecule has 0 saturated heterocycles. The first kappa shape index (κ1) is 13.6. The number of aromatic nitrogens is 2. The van der Waals surface area contributed by atoms with Crippen LogP contribution in [0.3, 0.4) is 0 Å². The van der Waals surface area contributed by atoms with E-state index in [0.29, 0.717) is 17.9 Å². The zero-order valence-electron chi connectivity index (χ0n) is 11.4. The Morgan fingerprint density at radius 1 is 1.53 bits per heavy atom. The Balaban J connectivity index is 2.12. The molecule has 2 aromatic rings. The van der Waals surface area contributed by atoms with Crippen LogP contribution in [0.25, 0.3) is 0 Å². The van der Waals surface area contributed by atoms with E-state index in [1.807, 2.05) is 19.2 Å². The Hall–Kier alpha value is -1.82. The molecular weight excluding hydrogens is 260 g/mol. The summed E-state index contributed by atoms with van der Waals surface area (Å²) in [4.78, 5) is 12.2. The van der Waals surface area contributed by atoms with Crippen molar-refractivity contribution in [2.24, 2.45) is 7.05 Å². The van der Waals surface area contributed by atoms with E-state index in [9.17, 15) is 4.79 Å². The molecule has 0 aliphatic carbocycles. The maximum absolute atomic E-state index is 12.2. The van der Waals surface area contributed by atoms with Crippen molar-refractivity contribution < 1.29 is 4.79 Å². The second kappa shape index (κ2) is 5.44. The first-order chi connectivity index (χ1) is 9.04. The molecule has 2 heterocycles. The lowest BCUT2D eigenvalue weighted by atomic mass is 10.2. The van der Waals surface area contributed by atoms with Gasteiger partial charge in [-0.3, -0.25) is 9.48 Å². The number of hydrogen-bond acceptors (Lipinski definition) is 4. The molecule has 0 saturated carbocycles. The molecule has 0 aromatic carbocycles. The Morgan fingerprint density at radius 3 is 2.79 bits per heavy atom. The predicted octanol–water partition coefficient (Wildman–Crippen LogP) is 1.86. The average molecular weight is 278 g/mol. The van der Waals surface area contributed by atoms with E-state index in [4.69, 9.17) is 5.73 Å². The minimum Gasteiger partial charge on any atom is -0.395 e. The largest absolute Gasteiger partial charge is 0.395 e. The van der Waals surface area contributed by atoms with Crippen LogP contribution in [0.15, 0.2) is 10.8 Å². The normalized spacial score (nSPS) is 10.7. The quantitative estimate of drug-likeness (QED) is 0.896. The van der Waals surface area contributed by atoms with Gasteiger partial charge < -0.3 is 11.1 Å². The van der Waals surface area contributed by atoms with E-state index < -0.39 is 0 Å². The number of hydrogen-bond donors (Lipinski definition) is 2. The van der Waals surface area contributed by atoms with Crippen LogP contribution in [0.2, 0.25) is 0 Å². The zero-order valence-corrected chi connectivity index (χ0v) is 12.2. The lowest BCUT2D eigenvalue weighted by Gasteiger charge is -2.06. The fraction of sp³-hybridized carbons (Fsp3) is 0.385. The molecule has 102 valence electrons. The van der Waals surface area contributed by atoms with Crippen LogP contribution in [0.1, 0.15) is 34.2 Å². The van der Waals surface area contributed by atoms with Gasteiger partial charge in [0.1, 0.15) is 5.69 Å². The molecule has 0 aliphatic rings. The van der Waals surface area contributed by atoms with Crippen LogP contribution in [-0.2, 0) is 20.0 Å². The molecule has 0 aliphatic heterocycles. The van der Waals surface area contributed by atoms with Gasteiger partial charge in [0.15, 0.2) is 0 Å². The summed E-state index contributed by atoms with van der Waals surface area (Å²) in [7, 11) is 1.74. The maximum Gasteiger partial charge on any atom is 0.271 e. The summed E-state index contributed by atoms with van der Waals surface area (Å²) < 4.78 is 1.55. The van der Waals surface area contributed by atoms with Crippen LogP contribution >= 0.6 is 11.3 Å². The number of rotatable bonds is 4. The third-order valence-electron chi connectivity index (χ3n) is 3.11. The van der Waals surface area contributed by atoms with Crippen molar-refractivity contribution >= 4 is 22.9 Å². The van der Waals surface area contributed by atoms with Crippen LogP contribution < -0.4 is 11.1 Å². The van der Waals surface area contributed by atoms with Crippen LogP contribution in [-0.4, -0.2) is 15.7 Å². The van der Waals surface area contributed by atoms with Gasteiger partial charge in [0.05, 0.1) is 11.4 Å². The highest BCUT2D eigenvalue weighted by molar-refractivity contribution is 7.08. The highest BCUT2D eigenvalue weighted by atomic mass is 32.1. The van der Waals surface area contributed by atoms with Crippen molar-refractivity contribution in [1.29, 1.82) is 0 Å². The second-order valence-corrected chi connectivity index (χ2v) is 5.19. The van der Waals surface area contributed by atoms with E-state index in [2.05, 4.69) is 15.8 Å². The maximum atomic E-state index is 12.2. The molecule has 0 spiro atoms. The van der Waals surface area contributed by atoms with E-state index in [0.717, 1.165) is 17.7 Å². The van der Waals surface area contributed by atoms with Gasteiger partial charge in [-0.15, -0.1) is 0 Å². The predicted molar refractivity (Wildman–Crippen MR) is 77.2 cm³/mol. The minimum atomic E-state index is -0.183. The van der Waals surface area contributed by atoms with E-state index in [1.165, 1.54) is 5.56 Å². The molecule has 0 fully saturated rings. The van der Waals surface area contributed by atoms with Gasteiger partial charge in [0.2, 0.25) is 0 Å². The highest BCUT2D eigenvalue weighted by Gasteiger charge is 2.18. The van der Waals surface area contributed by atoms with Crippen molar-refractivity contribution in [1.82, 2.24) is 15.1 Å². The van der Waals surface area contributed by atoms with Crippen LogP contribution in [0.4, 0.5) is 5.69 Å². The molecule has 0 radical (unpaired) electrons. The Kier molecular flexibility index (Phi) is 3.90. The van der Waals surface area contributed by atoms with E-state index in [-0.39, 0.29) is 5.91 Å². The fourth-order valence-corrected chi connectivity index (χ4v) is 2.81. The summed E-state index contributed by atoms with van der Waals surface area (Å²) in [6.45, 7) is 4.51. The molecule has 0 atom stereocenters. The topological polar surface area (TPSA) is 72.9 Å². The molecule has 0 unspecified atom stereocenters. The van der Waals surface area contributed by atoms with Gasteiger partial charge in [-0.25, -0.2) is 0 Å². The van der Waals surface area contributed by atoms with Gasteiger partial charge in [0.25, 0.3) is 5.91 Å². The van der Waals surface area contributed by atoms with Crippen LogP contribution in [0, 0.1) is 6.92 Å². The molecule has 6 heteroatoms. The molecule has 0 bridgehead atoms. The summed E-state index contributed by atoms with van der Waals surface area (Å²) in [6.07, 6.45) is 0.719. The number of nitrogen functional groups attached to an aromatic ring is 1. The number of amides is 1. The Morgan fingerprint density at radius 2 is 2.26 bits per heavy atom. The molecule has 2 rings (SSSR count). The molecule has 19 heavy (non-hydrogen) atoms. The lowest BCUT2D eigenvalue weighted by Crippen LogP contribution is -2.26. The summed E-state index contributed by atoms with van der Waals surface area (Å²) in [5, 5.41) is 11.2. The summed E-state index contributed by atoms with van der Waals surface area (Å²) in [5.74, 6) is -0.183. The molecular formula is C13H18N4OS. The zero-order chi connectivity index (χ0) is 14.0. The first-order valence-electron chi connectivity index (χ1n) is 6.15. The monoisotopic (exact) mass is 278 g/mol. The standard InChI is InChI=1S/C13H18N4OS/c1-4-10-11(14)12(17(3)16-10)13(18)15-5-9-7-19-6-8(9)2/h6-7H,4-5,14H2,1-3H3,(H,15,18). The number of carbonyl (C=O) groups excluding carboxylic acids is 1. The Bertz CT molecular complexity index is 600. The number of nitrogens with two attached hydrogens (primary N) is 1.